The Kier molecular flexibility index (Phi) is 3.51. The number of nitrogens with zero attached hydrogens (tertiary/aromatic N) is 4. The van der Waals surface area contributed by atoms with Crippen molar-refractivity contribution in [2.75, 3.05) is 0 Å². The molecule has 0 saturated heterocycles. The topological polar surface area (TPSA) is 52.8 Å². The minimum atomic E-state index is 0.498. The molecule has 0 N–H and O–H groups in total. The number of aryl methyl sites for hydroxylation is 1. The van der Waals surface area contributed by atoms with E-state index in [4.69, 9.17) is 4.74 Å². The Morgan fingerprint density at radius 3 is 3.06 bits per heavy atom. The van der Waals surface area contributed by atoms with Crippen molar-refractivity contribution >= 4 is 15.9 Å². The molecular formula is C10H11BrN4O. The van der Waals surface area contributed by atoms with Crippen LogP contribution in [0, 0.1) is 0 Å². The summed E-state index contributed by atoms with van der Waals surface area (Å²) in [6.45, 7) is 2.99. The van der Waals surface area contributed by atoms with Crippen LogP contribution in [-0.4, -0.2) is 19.7 Å². The lowest BCUT2D eigenvalue weighted by Gasteiger charge is -2.00. The van der Waals surface area contributed by atoms with Crippen molar-refractivity contribution in [3.8, 4) is 11.6 Å². The van der Waals surface area contributed by atoms with Gasteiger partial charge in [-0.15, -0.1) is 0 Å². The molecule has 2 aromatic heterocycles. The fourth-order valence-corrected chi connectivity index (χ4v) is 1.53. The molecule has 0 aliphatic carbocycles. The second kappa shape index (κ2) is 5.07. The molecule has 0 aliphatic heterocycles. The standard InChI is InChI=1S/C10H11BrN4O/c1-2-3-15-6-8(5-14-15)16-10-4-9(11)12-7-13-10/h4-7H,2-3H2,1H3. The molecule has 2 aromatic rings. The van der Waals surface area contributed by atoms with E-state index in [1.165, 1.54) is 6.33 Å². The van der Waals surface area contributed by atoms with E-state index in [1.807, 2.05) is 10.9 Å². The van der Waals surface area contributed by atoms with Gasteiger partial charge in [-0.25, -0.2) is 9.97 Å². The van der Waals surface area contributed by atoms with Gasteiger partial charge in [0.15, 0.2) is 5.75 Å². The highest BCUT2D eigenvalue weighted by Gasteiger charge is 2.02. The van der Waals surface area contributed by atoms with Crippen LogP contribution in [0.15, 0.2) is 29.4 Å². The summed E-state index contributed by atoms with van der Waals surface area (Å²) in [6.07, 6.45) is 6.00. The molecule has 5 nitrogen and oxygen atoms in total. The third kappa shape index (κ3) is 2.79. The summed E-state index contributed by atoms with van der Waals surface area (Å²) in [5.74, 6) is 1.18. The molecule has 2 heterocycles. The lowest BCUT2D eigenvalue weighted by Crippen LogP contribution is -1.95. The Bertz CT molecular complexity index is 471. The molecule has 0 spiro atoms. The lowest BCUT2D eigenvalue weighted by atomic mass is 10.5. The van der Waals surface area contributed by atoms with Crippen molar-refractivity contribution in [1.29, 1.82) is 0 Å². The minimum absolute atomic E-state index is 0.498. The third-order valence-electron chi connectivity index (χ3n) is 1.89. The van der Waals surface area contributed by atoms with E-state index in [1.54, 1.807) is 12.3 Å². The van der Waals surface area contributed by atoms with Crippen LogP contribution in [0.1, 0.15) is 13.3 Å². The van der Waals surface area contributed by atoms with Crippen LogP contribution in [0.2, 0.25) is 0 Å². The van der Waals surface area contributed by atoms with Crippen molar-refractivity contribution in [2.24, 2.45) is 0 Å². The van der Waals surface area contributed by atoms with Gasteiger partial charge in [0, 0.05) is 12.6 Å². The second-order valence-electron chi connectivity index (χ2n) is 3.22. The second-order valence-corrected chi connectivity index (χ2v) is 4.03. The summed E-state index contributed by atoms with van der Waals surface area (Å²) in [5, 5.41) is 4.16. The Hall–Kier alpha value is -1.43. The smallest absolute Gasteiger partial charge is 0.223 e. The SMILES string of the molecule is CCCn1cc(Oc2cc(Br)ncn2)cn1. The van der Waals surface area contributed by atoms with Gasteiger partial charge in [-0.1, -0.05) is 6.92 Å². The molecule has 0 bridgehead atoms. The van der Waals surface area contributed by atoms with E-state index in [9.17, 15) is 0 Å². The average molecular weight is 283 g/mol. The van der Waals surface area contributed by atoms with Gasteiger partial charge in [0.05, 0.1) is 12.4 Å². The van der Waals surface area contributed by atoms with Gasteiger partial charge in [0.25, 0.3) is 0 Å². The van der Waals surface area contributed by atoms with Crippen LogP contribution >= 0.6 is 15.9 Å². The summed E-state index contributed by atoms with van der Waals surface area (Å²) in [6, 6.07) is 1.71. The predicted octanol–water partition coefficient (Wildman–Crippen LogP) is 2.64. The maximum Gasteiger partial charge on any atom is 0.223 e. The van der Waals surface area contributed by atoms with Crippen LogP contribution in [-0.2, 0) is 6.54 Å². The van der Waals surface area contributed by atoms with Crippen molar-refractivity contribution in [2.45, 2.75) is 19.9 Å². The van der Waals surface area contributed by atoms with Crippen LogP contribution in [0.5, 0.6) is 11.6 Å². The Morgan fingerprint density at radius 1 is 1.44 bits per heavy atom. The normalized spacial score (nSPS) is 10.4. The first kappa shape index (κ1) is 11.1. The lowest BCUT2D eigenvalue weighted by molar-refractivity contribution is 0.459. The molecular weight excluding hydrogens is 272 g/mol. The fourth-order valence-electron chi connectivity index (χ4n) is 1.24. The molecule has 0 aliphatic rings. The minimum Gasteiger partial charge on any atom is -0.436 e. The zero-order valence-corrected chi connectivity index (χ0v) is 10.4. The summed E-state index contributed by atoms with van der Waals surface area (Å²) >= 11 is 3.25. The first-order chi connectivity index (χ1) is 7.78. The van der Waals surface area contributed by atoms with Gasteiger partial charge < -0.3 is 4.74 Å². The third-order valence-corrected chi connectivity index (χ3v) is 2.33. The Morgan fingerprint density at radius 2 is 2.31 bits per heavy atom. The van der Waals surface area contributed by atoms with Crippen molar-refractivity contribution in [3.63, 3.8) is 0 Å². The number of halogens is 1. The zero-order chi connectivity index (χ0) is 11.4. The number of aromatic nitrogens is 4. The molecule has 0 aromatic carbocycles. The molecule has 2 rings (SSSR count). The largest absolute Gasteiger partial charge is 0.436 e. The van der Waals surface area contributed by atoms with E-state index in [0.717, 1.165) is 13.0 Å². The number of rotatable bonds is 4. The summed E-state index contributed by atoms with van der Waals surface area (Å²) < 4.78 is 8.05. The number of ether oxygens (including phenoxy) is 1. The zero-order valence-electron chi connectivity index (χ0n) is 8.80. The van der Waals surface area contributed by atoms with E-state index in [-0.39, 0.29) is 0 Å². The first-order valence-electron chi connectivity index (χ1n) is 4.96. The van der Waals surface area contributed by atoms with Crippen LogP contribution in [0.25, 0.3) is 0 Å². The molecule has 0 atom stereocenters. The van der Waals surface area contributed by atoms with E-state index in [2.05, 4.69) is 37.9 Å². The Labute approximate surface area is 102 Å². The van der Waals surface area contributed by atoms with E-state index in [0.29, 0.717) is 16.2 Å². The van der Waals surface area contributed by atoms with Crippen LogP contribution in [0.4, 0.5) is 0 Å². The predicted molar refractivity (Wildman–Crippen MR) is 62.3 cm³/mol. The number of hydrogen-bond acceptors (Lipinski definition) is 4. The van der Waals surface area contributed by atoms with Gasteiger partial charge in [0.1, 0.15) is 10.9 Å². The Balaban J connectivity index is 2.08. The fraction of sp³-hybridized carbons (Fsp3) is 0.300. The quantitative estimate of drug-likeness (QED) is 0.809. The summed E-state index contributed by atoms with van der Waals surface area (Å²) in [7, 11) is 0. The molecule has 16 heavy (non-hydrogen) atoms. The van der Waals surface area contributed by atoms with Crippen LogP contribution in [0.3, 0.4) is 0 Å². The average Bonchev–Trinajstić information content (AvgIpc) is 2.66. The molecule has 84 valence electrons. The van der Waals surface area contributed by atoms with Gasteiger partial charge >= 0.3 is 0 Å². The highest BCUT2D eigenvalue weighted by atomic mass is 79.9. The molecule has 0 fully saturated rings. The highest BCUT2D eigenvalue weighted by molar-refractivity contribution is 9.10. The molecule has 0 saturated carbocycles. The summed E-state index contributed by atoms with van der Waals surface area (Å²) in [5.41, 5.74) is 0. The van der Waals surface area contributed by atoms with Gasteiger partial charge in [0.2, 0.25) is 5.88 Å². The van der Waals surface area contributed by atoms with Gasteiger partial charge in [-0.05, 0) is 22.4 Å². The molecule has 0 radical (unpaired) electrons. The van der Waals surface area contributed by atoms with Crippen molar-refractivity contribution in [1.82, 2.24) is 19.7 Å². The highest BCUT2D eigenvalue weighted by Crippen LogP contribution is 2.19. The maximum absolute atomic E-state index is 5.52. The number of hydrogen-bond donors (Lipinski definition) is 0. The molecule has 6 heteroatoms. The monoisotopic (exact) mass is 282 g/mol. The van der Waals surface area contributed by atoms with Crippen molar-refractivity contribution in [3.05, 3.63) is 29.4 Å². The molecule has 0 unspecified atom stereocenters. The van der Waals surface area contributed by atoms with Crippen molar-refractivity contribution < 1.29 is 4.74 Å². The van der Waals surface area contributed by atoms with E-state index < -0.39 is 0 Å². The first-order valence-corrected chi connectivity index (χ1v) is 5.75. The maximum atomic E-state index is 5.52. The van der Waals surface area contributed by atoms with Crippen LogP contribution < -0.4 is 4.74 Å². The van der Waals surface area contributed by atoms with E-state index >= 15 is 0 Å². The molecule has 0 amide bonds. The van der Waals surface area contributed by atoms with Gasteiger partial charge in [-0.2, -0.15) is 5.10 Å². The van der Waals surface area contributed by atoms with Gasteiger partial charge in [-0.3, -0.25) is 4.68 Å². The summed E-state index contributed by atoms with van der Waals surface area (Å²) in [4.78, 5) is 7.91.